The van der Waals surface area contributed by atoms with E-state index in [1.165, 1.54) is 9.80 Å². The van der Waals surface area contributed by atoms with Gasteiger partial charge in [0.1, 0.15) is 11.6 Å². The lowest BCUT2D eigenvalue weighted by Gasteiger charge is -2.13. The van der Waals surface area contributed by atoms with Gasteiger partial charge in [0.05, 0.1) is 55.7 Å². The summed E-state index contributed by atoms with van der Waals surface area (Å²) in [5.41, 5.74) is 6.62. The Morgan fingerprint density at radius 3 is 1.09 bits per heavy atom. The molecule has 2 aromatic heterocycles. The first-order valence-electron chi connectivity index (χ1n) is 14.5. The number of H-pyrrole nitrogens is 2. The molecule has 0 atom stereocenters. The van der Waals surface area contributed by atoms with Crippen LogP contribution in [0.2, 0.25) is 0 Å². The lowest BCUT2D eigenvalue weighted by molar-refractivity contribution is 0.0910. The number of amides is 4. The molecule has 10 nitrogen and oxygen atoms in total. The average molecular weight is 601 g/mol. The van der Waals surface area contributed by atoms with Crippen molar-refractivity contribution in [2.24, 2.45) is 0 Å². The van der Waals surface area contributed by atoms with Crippen LogP contribution in [0, 0.1) is 0 Å². The molecule has 4 amide bonds. The summed E-state index contributed by atoms with van der Waals surface area (Å²) in [7, 11) is 0. The molecule has 0 bridgehead atoms. The highest BCUT2D eigenvalue weighted by molar-refractivity contribution is 6.35. The Morgan fingerprint density at radius 2 is 0.739 bits per heavy atom. The molecule has 9 rings (SSSR count). The number of nitrogens with zero attached hydrogens (tertiary/aromatic N) is 4. The lowest BCUT2D eigenvalue weighted by Crippen LogP contribution is -2.29. The van der Waals surface area contributed by atoms with E-state index >= 15 is 0 Å². The van der Waals surface area contributed by atoms with Gasteiger partial charge in [0.15, 0.2) is 0 Å². The molecule has 5 aromatic carbocycles. The summed E-state index contributed by atoms with van der Waals surface area (Å²) in [4.78, 5) is 70.9. The molecule has 46 heavy (non-hydrogen) atoms. The number of fused-ring (bicyclic) bond motifs is 4. The summed E-state index contributed by atoms with van der Waals surface area (Å²) in [6.45, 7) is 0. The third kappa shape index (κ3) is 3.64. The molecule has 2 aliphatic rings. The standard InChI is InChI=1S/C36H20N6O4/c43-33-23-9-3-4-10-24(23)34(44)41(33)19-13-15-27-29(17-19)39-31(37-27)21-7-1-2-8-22(21)32-38-28-16-14-20(18-30(28)40-32)42-35(45)25-11-5-6-12-26(25)36(42)46/h1-18H,(H,37,39)(H,38,40). The van der Waals surface area contributed by atoms with Gasteiger partial charge in [-0.05, 0) is 60.7 Å². The van der Waals surface area contributed by atoms with Gasteiger partial charge >= 0.3 is 0 Å². The van der Waals surface area contributed by atoms with E-state index < -0.39 is 0 Å². The second kappa shape index (κ2) is 9.41. The highest BCUT2D eigenvalue weighted by Gasteiger charge is 2.37. The smallest absolute Gasteiger partial charge is 0.266 e. The van der Waals surface area contributed by atoms with E-state index in [4.69, 9.17) is 9.97 Å². The van der Waals surface area contributed by atoms with Crippen LogP contribution >= 0.6 is 0 Å². The third-order valence-corrected chi connectivity index (χ3v) is 8.48. The van der Waals surface area contributed by atoms with E-state index in [0.29, 0.717) is 56.3 Å². The van der Waals surface area contributed by atoms with Crippen molar-refractivity contribution in [2.75, 3.05) is 9.80 Å². The fourth-order valence-electron chi connectivity index (χ4n) is 6.27. The van der Waals surface area contributed by atoms with E-state index in [0.717, 1.165) is 22.2 Å². The first-order valence-corrected chi connectivity index (χ1v) is 14.5. The molecule has 0 spiro atoms. The maximum atomic E-state index is 13.1. The number of aromatic amines is 2. The minimum absolute atomic E-state index is 0.364. The molecular weight excluding hydrogens is 580 g/mol. The number of hydrogen-bond acceptors (Lipinski definition) is 6. The topological polar surface area (TPSA) is 132 Å². The van der Waals surface area contributed by atoms with Crippen LogP contribution in [-0.4, -0.2) is 43.6 Å². The predicted octanol–water partition coefficient (Wildman–Crippen LogP) is 6.37. The van der Waals surface area contributed by atoms with Crippen LogP contribution in [0.4, 0.5) is 11.4 Å². The first kappa shape index (κ1) is 25.8. The van der Waals surface area contributed by atoms with Crippen LogP contribution in [0.15, 0.2) is 109 Å². The lowest BCUT2D eigenvalue weighted by atomic mass is 10.1. The van der Waals surface area contributed by atoms with Gasteiger partial charge < -0.3 is 9.97 Å². The van der Waals surface area contributed by atoms with E-state index in [2.05, 4.69) is 9.97 Å². The molecule has 0 saturated carbocycles. The van der Waals surface area contributed by atoms with E-state index in [9.17, 15) is 19.2 Å². The van der Waals surface area contributed by atoms with Crippen LogP contribution in [0.1, 0.15) is 41.4 Å². The Hall–Kier alpha value is -6.68. The van der Waals surface area contributed by atoms with Crippen molar-refractivity contribution in [3.8, 4) is 22.8 Å². The van der Waals surface area contributed by atoms with Crippen molar-refractivity contribution in [1.82, 2.24) is 19.9 Å². The van der Waals surface area contributed by atoms with Crippen molar-refractivity contribution in [1.29, 1.82) is 0 Å². The van der Waals surface area contributed by atoms with Gasteiger partial charge in [-0.25, -0.2) is 19.8 Å². The van der Waals surface area contributed by atoms with Gasteiger partial charge in [-0.3, -0.25) is 19.2 Å². The highest BCUT2D eigenvalue weighted by atomic mass is 16.2. The summed E-state index contributed by atoms with van der Waals surface area (Å²) >= 11 is 0. The number of carbonyl (C=O) groups is 4. The summed E-state index contributed by atoms with van der Waals surface area (Å²) in [6.07, 6.45) is 0. The summed E-state index contributed by atoms with van der Waals surface area (Å²) in [6, 6.07) is 31.7. The Bertz CT molecular complexity index is 2250. The van der Waals surface area contributed by atoms with Crippen molar-refractivity contribution in [3.05, 3.63) is 131 Å². The number of anilines is 2. The number of imidazole rings is 2. The Kier molecular flexibility index (Phi) is 5.27. The van der Waals surface area contributed by atoms with Crippen molar-refractivity contribution >= 4 is 57.1 Å². The molecule has 0 radical (unpaired) electrons. The molecule has 4 heterocycles. The molecule has 0 aliphatic carbocycles. The van der Waals surface area contributed by atoms with Crippen LogP contribution in [-0.2, 0) is 0 Å². The van der Waals surface area contributed by atoms with Crippen molar-refractivity contribution in [2.45, 2.75) is 0 Å². The normalized spacial score (nSPS) is 14.2. The molecule has 0 unspecified atom stereocenters. The Balaban J connectivity index is 1.07. The van der Waals surface area contributed by atoms with Gasteiger partial charge in [0, 0.05) is 11.1 Å². The summed E-state index contributed by atoms with van der Waals surface area (Å²) < 4.78 is 0. The zero-order valence-electron chi connectivity index (χ0n) is 23.8. The van der Waals surface area contributed by atoms with Crippen LogP contribution in [0.5, 0.6) is 0 Å². The van der Waals surface area contributed by atoms with Gasteiger partial charge in [0.25, 0.3) is 23.6 Å². The number of hydrogen-bond donors (Lipinski definition) is 2. The van der Waals surface area contributed by atoms with Gasteiger partial charge in [-0.1, -0.05) is 48.5 Å². The highest BCUT2D eigenvalue weighted by Crippen LogP contribution is 2.35. The average Bonchev–Trinajstić information content (AvgIpc) is 3.83. The molecule has 10 heteroatoms. The Labute approximate surface area is 259 Å². The monoisotopic (exact) mass is 600 g/mol. The number of carbonyl (C=O) groups excluding carboxylic acids is 4. The fourth-order valence-corrected chi connectivity index (χ4v) is 6.27. The zero-order valence-corrected chi connectivity index (χ0v) is 23.8. The number of rotatable bonds is 4. The predicted molar refractivity (Wildman–Crippen MR) is 172 cm³/mol. The molecule has 7 aromatic rings. The number of aromatic nitrogens is 4. The number of nitrogens with one attached hydrogen (secondary N) is 2. The van der Waals surface area contributed by atoms with E-state index in [1.54, 1.807) is 84.9 Å². The van der Waals surface area contributed by atoms with Gasteiger partial charge in [-0.2, -0.15) is 0 Å². The second-order valence-corrected chi connectivity index (χ2v) is 11.1. The third-order valence-electron chi connectivity index (χ3n) is 8.48. The quantitative estimate of drug-likeness (QED) is 0.226. The van der Waals surface area contributed by atoms with Gasteiger partial charge in [-0.15, -0.1) is 0 Å². The minimum Gasteiger partial charge on any atom is -0.338 e. The number of benzene rings is 5. The molecule has 0 fully saturated rings. The van der Waals surface area contributed by atoms with Crippen molar-refractivity contribution < 1.29 is 19.2 Å². The van der Waals surface area contributed by atoms with Crippen LogP contribution in [0.25, 0.3) is 44.8 Å². The molecule has 2 N–H and O–H groups in total. The molecular formula is C36H20N6O4. The first-order chi connectivity index (χ1) is 22.5. The maximum Gasteiger partial charge on any atom is 0.266 e. The molecule has 218 valence electrons. The fraction of sp³-hybridized carbons (Fsp3) is 0. The van der Waals surface area contributed by atoms with E-state index in [-0.39, 0.29) is 23.6 Å². The summed E-state index contributed by atoms with van der Waals surface area (Å²) in [5, 5.41) is 0. The SMILES string of the molecule is O=C1c2ccccc2C(=O)N1c1ccc2[nH]c(-c3ccccc3-c3nc4cc(N5C(=O)c6ccccc6C5=O)ccc4[nH]3)nc2c1. The molecule has 0 saturated heterocycles. The minimum atomic E-state index is -0.364. The molecule has 2 aliphatic heterocycles. The summed E-state index contributed by atoms with van der Waals surface area (Å²) in [5.74, 6) is -0.294. The van der Waals surface area contributed by atoms with Crippen LogP contribution in [0.3, 0.4) is 0 Å². The maximum absolute atomic E-state index is 13.1. The van der Waals surface area contributed by atoms with Gasteiger partial charge in [0.2, 0.25) is 0 Å². The van der Waals surface area contributed by atoms with Crippen LogP contribution < -0.4 is 9.80 Å². The largest absolute Gasteiger partial charge is 0.338 e. The zero-order chi connectivity index (χ0) is 31.1. The van der Waals surface area contributed by atoms with E-state index in [1.807, 2.05) is 24.3 Å². The van der Waals surface area contributed by atoms with Crippen molar-refractivity contribution in [3.63, 3.8) is 0 Å². The Morgan fingerprint density at radius 1 is 0.413 bits per heavy atom. The second-order valence-electron chi connectivity index (χ2n) is 11.1. The number of imide groups is 2.